The van der Waals surface area contributed by atoms with Gasteiger partial charge in [-0.05, 0) is 29.3 Å². The van der Waals surface area contributed by atoms with Gasteiger partial charge >= 0.3 is 6.03 Å². The maximum Gasteiger partial charge on any atom is 0.329 e. The van der Waals surface area contributed by atoms with Crippen molar-refractivity contribution in [2.45, 2.75) is 6.54 Å². The Hall–Kier alpha value is -2.40. The van der Waals surface area contributed by atoms with Crippen LogP contribution in [0.3, 0.4) is 0 Å². The quantitative estimate of drug-likeness (QED) is 0.675. The fraction of sp³-hybridized carbons (Fsp3) is 0.0588. The van der Waals surface area contributed by atoms with Crippen molar-refractivity contribution in [3.63, 3.8) is 0 Å². The first-order valence-electron chi connectivity index (χ1n) is 6.77. The van der Waals surface area contributed by atoms with Crippen molar-refractivity contribution in [2.75, 3.05) is 0 Å². The second-order valence-corrected chi connectivity index (χ2v) is 5.83. The first kappa shape index (κ1) is 14.5. The van der Waals surface area contributed by atoms with Crippen LogP contribution in [0.2, 0.25) is 0 Å². The third-order valence-electron chi connectivity index (χ3n) is 3.35. The predicted octanol–water partition coefficient (Wildman–Crippen LogP) is 3.54. The summed E-state index contributed by atoms with van der Waals surface area (Å²) in [5.74, 6) is -0.371. The van der Waals surface area contributed by atoms with Gasteiger partial charge in [-0.2, -0.15) is 0 Å². The molecule has 0 aromatic heterocycles. The third kappa shape index (κ3) is 3.09. The van der Waals surface area contributed by atoms with E-state index < -0.39 is 6.03 Å². The van der Waals surface area contributed by atoms with Crippen molar-refractivity contribution in [1.82, 2.24) is 10.2 Å². The number of nitrogens with zero attached hydrogens (tertiary/aromatic N) is 1. The summed E-state index contributed by atoms with van der Waals surface area (Å²) in [6.07, 6.45) is 1.72. The molecule has 0 saturated carbocycles. The van der Waals surface area contributed by atoms with Gasteiger partial charge in [-0.15, -0.1) is 0 Å². The first-order chi connectivity index (χ1) is 10.6. The number of carbonyl (C=O) groups is 2. The standard InChI is InChI=1S/C17H13BrN2O2/c18-14-8-6-12(7-9-14)10-15-16(21)19-17(22)20(15)11-13-4-2-1-3-5-13/h1-10H,11H2,(H,19,21,22)/b15-10+. The fourth-order valence-corrected chi connectivity index (χ4v) is 2.51. The number of rotatable bonds is 3. The molecule has 0 radical (unpaired) electrons. The summed E-state index contributed by atoms with van der Waals surface area (Å²) in [5.41, 5.74) is 2.19. The number of amides is 3. The van der Waals surface area contributed by atoms with Crippen molar-refractivity contribution in [3.05, 3.63) is 75.9 Å². The minimum atomic E-state index is -0.391. The van der Waals surface area contributed by atoms with Gasteiger partial charge in [0.15, 0.2) is 0 Å². The summed E-state index contributed by atoms with van der Waals surface area (Å²) in [6, 6.07) is 16.7. The predicted molar refractivity (Wildman–Crippen MR) is 87.6 cm³/mol. The number of hydrogen-bond acceptors (Lipinski definition) is 2. The molecule has 0 bridgehead atoms. The minimum Gasteiger partial charge on any atom is -0.284 e. The van der Waals surface area contributed by atoms with Crippen LogP contribution >= 0.6 is 15.9 Å². The van der Waals surface area contributed by atoms with Gasteiger partial charge in [0.05, 0.1) is 6.54 Å². The second kappa shape index (κ2) is 6.15. The molecule has 1 N–H and O–H groups in total. The van der Waals surface area contributed by atoms with Crippen molar-refractivity contribution in [1.29, 1.82) is 0 Å². The third-order valence-corrected chi connectivity index (χ3v) is 3.87. The van der Waals surface area contributed by atoms with E-state index >= 15 is 0 Å². The van der Waals surface area contributed by atoms with E-state index in [1.807, 2.05) is 54.6 Å². The van der Waals surface area contributed by atoms with Crippen LogP contribution in [0.25, 0.3) is 6.08 Å². The molecule has 1 aliphatic heterocycles. The molecule has 3 amide bonds. The van der Waals surface area contributed by atoms with E-state index in [1.54, 1.807) is 6.08 Å². The second-order valence-electron chi connectivity index (χ2n) is 4.91. The summed E-state index contributed by atoms with van der Waals surface area (Å²) in [7, 11) is 0. The van der Waals surface area contributed by atoms with Crippen LogP contribution in [-0.4, -0.2) is 16.8 Å². The molecule has 0 aliphatic carbocycles. The number of benzene rings is 2. The fourth-order valence-electron chi connectivity index (χ4n) is 2.24. The highest BCUT2D eigenvalue weighted by Crippen LogP contribution is 2.20. The van der Waals surface area contributed by atoms with Gasteiger partial charge in [0, 0.05) is 4.47 Å². The molecule has 2 aromatic carbocycles. The van der Waals surface area contributed by atoms with Gasteiger partial charge < -0.3 is 0 Å². The Kier molecular flexibility index (Phi) is 4.06. The molecule has 1 saturated heterocycles. The minimum absolute atomic E-state index is 0.358. The summed E-state index contributed by atoms with van der Waals surface area (Å²) < 4.78 is 0.961. The van der Waals surface area contributed by atoms with E-state index in [2.05, 4.69) is 21.2 Å². The molecule has 2 aromatic rings. The number of hydrogen-bond donors (Lipinski definition) is 1. The smallest absolute Gasteiger partial charge is 0.284 e. The average molecular weight is 357 g/mol. The molecule has 1 aliphatic rings. The molecular formula is C17H13BrN2O2. The maximum absolute atomic E-state index is 12.0. The normalized spacial score (nSPS) is 16.2. The molecular weight excluding hydrogens is 344 g/mol. The van der Waals surface area contributed by atoms with Crippen LogP contribution < -0.4 is 5.32 Å². The molecule has 110 valence electrons. The lowest BCUT2D eigenvalue weighted by atomic mass is 10.1. The van der Waals surface area contributed by atoms with Crippen LogP contribution in [0, 0.1) is 0 Å². The highest BCUT2D eigenvalue weighted by Gasteiger charge is 2.32. The molecule has 3 rings (SSSR count). The van der Waals surface area contributed by atoms with Crippen molar-refractivity contribution in [2.24, 2.45) is 0 Å². The van der Waals surface area contributed by atoms with E-state index in [0.29, 0.717) is 12.2 Å². The van der Waals surface area contributed by atoms with E-state index in [9.17, 15) is 9.59 Å². The van der Waals surface area contributed by atoms with Gasteiger partial charge in [-0.3, -0.25) is 15.0 Å². The number of carbonyl (C=O) groups excluding carboxylic acids is 2. The lowest BCUT2D eigenvalue weighted by Crippen LogP contribution is -2.27. The monoisotopic (exact) mass is 356 g/mol. The average Bonchev–Trinajstić information content (AvgIpc) is 2.77. The zero-order valence-corrected chi connectivity index (χ0v) is 13.2. The molecule has 1 fully saturated rings. The molecule has 0 unspecified atom stereocenters. The zero-order valence-electron chi connectivity index (χ0n) is 11.6. The molecule has 5 heteroatoms. The summed E-state index contributed by atoms with van der Waals surface area (Å²) in [5, 5.41) is 2.34. The van der Waals surface area contributed by atoms with Gasteiger partial charge in [-0.25, -0.2) is 4.79 Å². The summed E-state index contributed by atoms with van der Waals surface area (Å²) in [4.78, 5) is 25.5. The van der Waals surface area contributed by atoms with Crippen molar-refractivity contribution < 1.29 is 9.59 Å². The molecule has 0 atom stereocenters. The number of nitrogens with one attached hydrogen (secondary N) is 1. The number of urea groups is 1. The number of imide groups is 1. The Balaban J connectivity index is 1.91. The Morgan fingerprint density at radius 3 is 2.36 bits per heavy atom. The van der Waals surface area contributed by atoms with Crippen molar-refractivity contribution in [3.8, 4) is 0 Å². The van der Waals surface area contributed by atoms with Gasteiger partial charge in [0.25, 0.3) is 5.91 Å². The van der Waals surface area contributed by atoms with Gasteiger partial charge in [-0.1, -0.05) is 58.4 Å². The van der Waals surface area contributed by atoms with Crippen LogP contribution in [0.5, 0.6) is 0 Å². The molecule has 0 spiro atoms. The van der Waals surface area contributed by atoms with E-state index in [4.69, 9.17) is 0 Å². The number of halogens is 1. The van der Waals surface area contributed by atoms with E-state index in [-0.39, 0.29) is 5.91 Å². The first-order valence-corrected chi connectivity index (χ1v) is 7.57. The molecule has 1 heterocycles. The molecule has 22 heavy (non-hydrogen) atoms. The lowest BCUT2D eigenvalue weighted by Gasteiger charge is -2.15. The van der Waals surface area contributed by atoms with Gasteiger partial charge in [0.1, 0.15) is 5.70 Å². The van der Waals surface area contributed by atoms with E-state index in [1.165, 1.54) is 4.90 Å². The lowest BCUT2D eigenvalue weighted by molar-refractivity contribution is -0.116. The highest BCUT2D eigenvalue weighted by atomic mass is 79.9. The zero-order chi connectivity index (χ0) is 15.5. The van der Waals surface area contributed by atoms with Crippen LogP contribution in [-0.2, 0) is 11.3 Å². The van der Waals surface area contributed by atoms with Crippen molar-refractivity contribution >= 4 is 33.9 Å². The topological polar surface area (TPSA) is 49.4 Å². The van der Waals surface area contributed by atoms with E-state index in [0.717, 1.165) is 15.6 Å². The summed E-state index contributed by atoms with van der Waals surface area (Å²) >= 11 is 3.37. The Morgan fingerprint density at radius 1 is 1.00 bits per heavy atom. The SMILES string of the molecule is O=C1NC(=O)N(Cc2ccccc2)/C1=C/c1ccc(Br)cc1. The highest BCUT2D eigenvalue weighted by molar-refractivity contribution is 9.10. The maximum atomic E-state index is 12.0. The summed E-state index contributed by atoms with van der Waals surface area (Å²) in [6.45, 7) is 0.362. The van der Waals surface area contributed by atoms with Crippen LogP contribution in [0.4, 0.5) is 4.79 Å². The Labute approximate surface area is 136 Å². The Bertz CT molecular complexity index is 739. The molecule has 4 nitrogen and oxygen atoms in total. The van der Waals surface area contributed by atoms with Crippen LogP contribution in [0.1, 0.15) is 11.1 Å². The Morgan fingerprint density at radius 2 is 1.68 bits per heavy atom. The largest absolute Gasteiger partial charge is 0.329 e. The van der Waals surface area contributed by atoms with Crippen LogP contribution in [0.15, 0.2) is 64.8 Å². The van der Waals surface area contributed by atoms with Gasteiger partial charge in [0.2, 0.25) is 0 Å².